The summed E-state index contributed by atoms with van der Waals surface area (Å²) in [5, 5.41) is 3.39. The molecule has 2 heterocycles. The maximum atomic E-state index is 12.6. The zero-order valence-corrected chi connectivity index (χ0v) is 14.4. The van der Waals surface area contributed by atoms with Crippen molar-refractivity contribution in [3.63, 3.8) is 0 Å². The van der Waals surface area contributed by atoms with Crippen molar-refractivity contribution in [1.29, 1.82) is 0 Å². The largest absolute Gasteiger partial charge is 0.383 e. The summed E-state index contributed by atoms with van der Waals surface area (Å²) >= 11 is 0. The van der Waals surface area contributed by atoms with Crippen LogP contribution in [0.1, 0.15) is 24.0 Å². The summed E-state index contributed by atoms with van der Waals surface area (Å²) < 4.78 is 34.9. The number of hydrogen-bond acceptors (Lipinski definition) is 4. The standard InChI is InChI=1S/C16H25N3O3S/c1-22-13-16(8-4-9-17-16)12-18-23(20,21)19-10-7-14-5-2-3-6-15(14)11-19/h2-3,5-6,17-18H,4,7-13H2,1H3. The number of benzene rings is 1. The molecule has 6 nitrogen and oxygen atoms in total. The van der Waals surface area contributed by atoms with Gasteiger partial charge in [0.15, 0.2) is 0 Å². The van der Waals surface area contributed by atoms with Crippen LogP contribution in [0.2, 0.25) is 0 Å². The fraction of sp³-hybridized carbons (Fsp3) is 0.625. The molecule has 0 aliphatic carbocycles. The van der Waals surface area contributed by atoms with Gasteiger partial charge in [0.25, 0.3) is 10.2 Å². The summed E-state index contributed by atoms with van der Waals surface area (Å²) in [5.41, 5.74) is 2.05. The Morgan fingerprint density at radius 2 is 2.13 bits per heavy atom. The highest BCUT2D eigenvalue weighted by Crippen LogP contribution is 2.22. The molecule has 1 atom stereocenters. The van der Waals surface area contributed by atoms with Gasteiger partial charge in [-0.1, -0.05) is 24.3 Å². The fourth-order valence-corrected chi connectivity index (χ4v) is 4.75. The molecule has 0 bridgehead atoms. The van der Waals surface area contributed by atoms with Crippen molar-refractivity contribution >= 4 is 10.2 Å². The molecule has 0 radical (unpaired) electrons. The van der Waals surface area contributed by atoms with Gasteiger partial charge in [-0.05, 0) is 36.9 Å². The van der Waals surface area contributed by atoms with Crippen LogP contribution in [-0.2, 0) is 27.9 Å². The van der Waals surface area contributed by atoms with Crippen LogP contribution in [0.25, 0.3) is 0 Å². The predicted molar refractivity (Wildman–Crippen MR) is 89.3 cm³/mol. The minimum Gasteiger partial charge on any atom is -0.383 e. The van der Waals surface area contributed by atoms with E-state index in [1.54, 1.807) is 7.11 Å². The Labute approximate surface area is 138 Å². The molecule has 1 aromatic rings. The van der Waals surface area contributed by atoms with Crippen LogP contribution < -0.4 is 10.0 Å². The molecule has 0 saturated carbocycles. The van der Waals surface area contributed by atoms with Crippen molar-refractivity contribution in [2.24, 2.45) is 0 Å². The monoisotopic (exact) mass is 339 g/mol. The second-order valence-corrected chi connectivity index (χ2v) is 8.18. The average Bonchev–Trinajstić information content (AvgIpc) is 3.02. The lowest BCUT2D eigenvalue weighted by Crippen LogP contribution is -2.55. The summed E-state index contributed by atoms with van der Waals surface area (Å²) in [4.78, 5) is 0. The molecule has 0 amide bonds. The van der Waals surface area contributed by atoms with Gasteiger partial charge >= 0.3 is 0 Å². The molecule has 7 heteroatoms. The van der Waals surface area contributed by atoms with E-state index in [1.165, 1.54) is 9.87 Å². The SMILES string of the molecule is COCC1(CNS(=O)(=O)N2CCc3ccccc3C2)CCCN1. The first-order chi connectivity index (χ1) is 11.0. The molecule has 1 unspecified atom stereocenters. The van der Waals surface area contributed by atoms with Gasteiger partial charge in [0.2, 0.25) is 0 Å². The molecule has 1 fully saturated rings. The highest BCUT2D eigenvalue weighted by atomic mass is 32.2. The van der Waals surface area contributed by atoms with E-state index in [0.717, 1.165) is 31.4 Å². The van der Waals surface area contributed by atoms with Crippen LogP contribution in [0, 0.1) is 0 Å². The third kappa shape index (κ3) is 3.75. The van der Waals surface area contributed by atoms with E-state index in [-0.39, 0.29) is 5.54 Å². The predicted octanol–water partition coefficient (Wildman–Crippen LogP) is 0.648. The minimum absolute atomic E-state index is 0.282. The summed E-state index contributed by atoms with van der Waals surface area (Å²) in [6.07, 6.45) is 2.73. The Morgan fingerprint density at radius 1 is 1.35 bits per heavy atom. The van der Waals surface area contributed by atoms with Crippen LogP contribution in [-0.4, -0.2) is 51.6 Å². The van der Waals surface area contributed by atoms with Crippen molar-refractivity contribution in [3.8, 4) is 0 Å². The molecule has 3 rings (SSSR count). The Hall–Kier alpha value is -0.990. The molecular formula is C16H25N3O3S. The third-order valence-corrected chi connectivity index (χ3v) is 6.28. The molecule has 23 heavy (non-hydrogen) atoms. The van der Waals surface area contributed by atoms with Crippen LogP contribution in [0.3, 0.4) is 0 Å². The van der Waals surface area contributed by atoms with Gasteiger partial charge in [-0.15, -0.1) is 0 Å². The topological polar surface area (TPSA) is 70.7 Å². The van der Waals surface area contributed by atoms with Gasteiger partial charge in [0.05, 0.1) is 12.1 Å². The number of ether oxygens (including phenoxy) is 1. The highest BCUT2D eigenvalue weighted by Gasteiger charge is 2.36. The summed E-state index contributed by atoms with van der Waals surface area (Å²) in [5.74, 6) is 0. The van der Waals surface area contributed by atoms with Gasteiger partial charge < -0.3 is 10.1 Å². The van der Waals surface area contributed by atoms with Gasteiger partial charge in [0, 0.05) is 26.7 Å². The maximum Gasteiger partial charge on any atom is 0.279 e. The first kappa shape index (κ1) is 16.9. The lowest BCUT2D eigenvalue weighted by atomic mass is 9.99. The Balaban J connectivity index is 1.66. The minimum atomic E-state index is -3.48. The van der Waals surface area contributed by atoms with E-state index in [2.05, 4.69) is 16.1 Å². The fourth-order valence-electron chi connectivity index (χ4n) is 3.47. The number of methoxy groups -OCH3 is 1. The maximum absolute atomic E-state index is 12.6. The quantitative estimate of drug-likeness (QED) is 0.798. The molecule has 1 aromatic carbocycles. The average molecular weight is 339 g/mol. The van der Waals surface area contributed by atoms with Crippen molar-refractivity contribution < 1.29 is 13.2 Å². The highest BCUT2D eigenvalue weighted by molar-refractivity contribution is 7.87. The second kappa shape index (κ2) is 6.86. The lowest BCUT2D eigenvalue weighted by molar-refractivity contribution is 0.122. The van der Waals surface area contributed by atoms with Crippen LogP contribution in [0.4, 0.5) is 0 Å². The molecule has 128 valence electrons. The molecule has 0 spiro atoms. The Kier molecular flexibility index (Phi) is 5.03. The molecule has 2 aliphatic rings. The van der Waals surface area contributed by atoms with Gasteiger partial charge in [-0.3, -0.25) is 0 Å². The van der Waals surface area contributed by atoms with Crippen molar-refractivity contribution in [3.05, 3.63) is 35.4 Å². The zero-order valence-electron chi connectivity index (χ0n) is 13.5. The van der Waals surface area contributed by atoms with Crippen LogP contribution >= 0.6 is 0 Å². The number of nitrogens with one attached hydrogen (secondary N) is 2. The number of nitrogens with zero attached hydrogens (tertiary/aromatic N) is 1. The van der Waals surface area contributed by atoms with Gasteiger partial charge in [-0.25, -0.2) is 4.72 Å². The zero-order chi connectivity index (χ0) is 16.3. The van der Waals surface area contributed by atoms with Crippen molar-refractivity contribution in [2.75, 3.05) is 33.4 Å². The van der Waals surface area contributed by atoms with E-state index < -0.39 is 10.2 Å². The first-order valence-electron chi connectivity index (χ1n) is 8.10. The summed E-state index contributed by atoms with van der Waals surface area (Å²) in [6.45, 7) is 2.75. The molecule has 0 aromatic heterocycles. The van der Waals surface area contributed by atoms with Gasteiger partial charge in [0.1, 0.15) is 0 Å². The Morgan fingerprint density at radius 3 is 2.83 bits per heavy atom. The third-order valence-electron chi connectivity index (χ3n) is 4.78. The van der Waals surface area contributed by atoms with E-state index in [1.807, 2.05) is 18.2 Å². The van der Waals surface area contributed by atoms with Crippen molar-refractivity contribution in [1.82, 2.24) is 14.3 Å². The van der Waals surface area contributed by atoms with E-state index >= 15 is 0 Å². The van der Waals surface area contributed by atoms with E-state index in [0.29, 0.717) is 26.2 Å². The van der Waals surface area contributed by atoms with Crippen LogP contribution in [0.15, 0.2) is 24.3 Å². The number of hydrogen-bond donors (Lipinski definition) is 2. The van der Waals surface area contributed by atoms with Crippen molar-refractivity contribution in [2.45, 2.75) is 31.3 Å². The smallest absolute Gasteiger partial charge is 0.279 e. The van der Waals surface area contributed by atoms with E-state index in [4.69, 9.17) is 4.74 Å². The van der Waals surface area contributed by atoms with Gasteiger partial charge in [-0.2, -0.15) is 12.7 Å². The molecule has 2 N–H and O–H groups in total. The summed E-state index contributed by atoms with van der Waals surface area (Å²) in [6, 6.07) is 8.03. The molecule has 2 aliphatic heterocycles. The molecular weight excluding hydrogens is 314 g/mol. The number of fused-ring (bicyclic) bond motifs is 1. The normalized spacial score (nSPS) is 25.4. The van der Waals surface area contributed by atoms with E-state index in [9.17, 15) is 8.42 Å². The first-order valence-corrected chi connectivity index (χ1v) is 9.54. The number of rotatable bonds is 6. The summed E-state index contributed by atoms with van der Waals surface area (Å²) in [7, 11) is -1.83. The molecule has 1 saturated heterocycles. The Bertz CT molecular complexity index is 642. The van der Waals surface area contributed by atoms with Crippen LogP contribution in [0.5, 0.6) is 0 Å². The lowest BCUT2D eigenvalue weighted by Gasteiger charge is -2.32. The second-order valence-electron chi connectivity index (χ2n) is 6.42.